The number of nitrogens with one attached hydrogen (secondary N) is 1. The molecule has 0 unspecified atom stereocenters. The monoisotopic (exact) mass is 255 g/mol. The van der Waals surface area contributed by atoms with Crippen LogP contribution < -0.4 is 10.1 Å². The predicted molar refractivity (Wildman–Crippen MR) is 70.0 cm³/mol. The Morgan fingerprint density at radius 1 is 1.41 bits per heavy atom. The van der Waals surface area contributed by atoms with Gasteiger partial charge in [-0.1, -0.05) is 11.6 Å². The van der Waals surface area contributed by atoms with Crippen LogP contribution in [0.25, 0.3) is 0 Å². The molecular weight excluding hydrogens is 238 g/mol. The van der Waals surface area contributed by atoms with E-state index >= 15 is 0 Å². The third kappa shape index (κ3) is 3.51. The molecule has 1 aliphatic rings. The number of halogens is 1. The third-order valence-corrected chi connectivity index (χ3v) is 3.38. The van der Waals surface area contributed by atoms with Gasteiger partial charge in [-0.2, -0.15) is 0 Å². The molecule has 1 saturated heterocycles. The van der Waals surface area contributed by atoms with Crippen LogP contribution in [0.4, 0.5) is 5.69 Å². The minimum atomic E-state index is 0.643. The van der Waals surface area contributed by atoms with Gasteiger partial charge < -0.3 is 14.8 Å². The molecular formula is C13H18ClNO2. The van der Waals surface area contributed by atoms with E-state index in [1.165, 1.54) is 0 Å². The maximum absolute atomic E-state index is 6.07. The summed E-state index contributed by atoms with van der Waals surface area (Å²) in [6.45, 7) is 2.75. The lowest BCUT2D eigenvalue weighted by atomic mass is 10.0. The van der Waals surface area contributed by atoms with Gasteiger partial charge in [-0.05, 0) is 37.0 Å². The summed E-state index contributed by atoms with van der Waals surface area (Å²) >= 11 is 6.07. The molecule has 1 aliphatic heterocycles. The number of hydrogen-bond donors (Lipinski definition) is 1. The first-order valence-electron chi connectivity index (χ1n) is 5.95. The Balaban J connectivity index is 1.87. The Kier molecular flexibility index (Phi) is 4.51. The highest BCUT2D eigenvalue weighted by atomic mass is 35.5. The standard InChI is InChI=1S/C13H18ClNO2/c1-16-13-3-2-11(8-12(13)14)15-9-10-4-6-17-7-5-10/h2-3,8,10,15H,4-7,9H2,1H3. The average Bonchev–Trinajstić information content (AvgIpc) is 2.38. The summed E-state index contributed by atoms with van der Waals surface area (Å²) in [7, 11) is 1.62. The summed E-state index contributed by atoms with van der Waals surface area (Å²) in [4.78, 5) is 0. The van der Waals surface area contributed by atoms with Crippen molar-refractivity contribution < 1.29 is 9.47 Å². The van der Waals surface area contributed by atoms with Crippen LogP contribution in [0.3, 0.4) is 0 Å². The molecule has 0 spiro atoms. The molecule has 1 aromatic carbocycles. The molecule has 17 heavy (non-hydrogen) atoms. The van der Waals surface area contributed by atoms with E-state index in [0.717, 1.165) is 38.3 Å². The van der Waals surface area contributed by atoms with Crippen molar-refractivity contribution in [2.45, 2.75) is 12.8 Å². The normalized spacial score (nSPS) is 16.8. The van der Waals surface area contributed by atoms with Crippen LogP contribution in [-0.4, -0.2) is 26.9 Å². The van der Waals surface area contributed by atoms with E-state index in [4.69, 9.17) is 21.1 Å². The fourth-order valence-corrected chi connectivity index (χ4v) is 2.25. The summed E-state index contributed by atoms with van der Waals surface area (Å²) in [5.74, 6) is 1.41. The predicted octanol–water partition coefficient (Wildman–Crippen LogP) is 3.19. The topological polar surface area (TPSA) is 30.5 Å². The number of benzene rings is 1. The molecule has 1 aromatic rings. The van der Waals surface area contributed by atoms with Crippen LogP contribution in [0.2, 0.25) is 5.02 Å². The first-order valence-corrected chi connectivity index (χ1v) is 6.32. The Morgan fingerprint density at radius 3 is 2.82 bits per heavy atom. The summed E-state index contributed by atoms with van der Waals surface area (Å²) in [6, 6.07) is 5.78. The van der Waals surface area contributed by atoms with Crippen LogP contribution in [-0.2, 0) is 4.74 Å². The molecule has 0 aliphatic carbocycles. The Bertz CT molecular complexity index is 364. The second kappa shape index (κ2) is 6.12. The van der Waals surface area contributed by atoms with Crippen molar-refractivity contribution in [3.8, 4) is 5.75 Å². The molecule has 1 N–H and O–H groups in total. The van der Waals surface area contributed by atoms with E-state index in [1.54, 1.807) is 7.11 Å². The van der Waals surface area contributed by atoms with E-state index in [1.807, 2.05) is 18.2 Å². The number of anilines is 1. The van der Waals surface area contributed by atoms with Gasteiger partial charge in [-0.15, -0.1) is 0 Å². The average molecular weight is 256 g/mol. The maximum Gasteiger partial charge on any atom is 0.137 e. The lowest BCUT2D eigenvalue weighted by Crippen LogP contribution is -2.22. The van der Waals surface area contributed by atoms with Crippen molar-refractivity contribution in [3.05, 3.63) is 23.2 Å². The van der Waals surface area contributed by atoms with Gasteiger partial charge in [0.1, 0.15) is 5.75 Å². The second-order valence-corrected chi connectivity index (χ2v) is 4.69. The van der Waals surface area contributed by atoms with Crippen LogP contribution in [0, 0.1) is 5.92 Å². The number of hydrogen-bond acceptors (Lipinski definition) is 3. The van der Waals surface area contributed by atoms with Crippen LogP contribution in [0.15, 0.2) is 18.2 Å². The summed E-state index contributed by atoms with van der Waals surface area (Å²) < 4.78 is 10.5. The first kappa shape index (κ1) is 12.5. The molecule has 3 nitrogen and oxygen atoms in total. The molecule has 1 heterocycles. The van der Waals surface area contributed by atoms with Crippen molar-refractivity contribution in [1.29, 1.82) is 0 Å². The van der Waals surface area contributed by atoms with Gasteiger partial charge in [-0.3, -0.25) is 0 Å². The van der Waals surface area contributed by atoms with E-state index < -0.39 is 0 Å². The van der Waals surface area contributed by atoms with E-state index in [9.17, 15) is 0 Å². The maximum atomic E-state index is 6.07. The molecule has 1 fully saturated rings. The van der Waals surface area contributed by atoms with Gasteiger partial charge in [0.25, 0.3) is 0 Å². The van der Waals surface area contributed by atoms with Crippen LogP contribution in [0.5, 0.6) is 5.75 Å². The van der Waals surface area contributed by atoms with Gasteiger partial charge in [0.15, 0.2) is 0 Å². The zero-order valence-electron chi connectivity index (χ0n) is 10.0. The number of methoxy groups -OCH3 is 1. The summed E-state index contributed by atoms with van der Waals surface area (Å²) in [5, 5.41) is 4.05. The van der Waals surface area contributed by atoms with Crippen molar-refractivity contribution in [2.75, 3.05) is 32.2 Å². The molecule has 0 amide bonds. The fourth-order valence-electron chi connectivity index (χ4n) is 1.99. The Morgan fingerprint density at radius 2 is 2.18 bits per heavy atom. The van der Waals surface area contributed by atoms with Crippen LogP contribution in [0.1, 0.15) is 12.8 Å². The molecule has 4 heteroatoms. The molecule has 0 atom stereocenters. The number of ether oxygens (including phenoxy) is 2. The van der Waals surface area contributed by atoms with Crippen molar-refractivity contribution in [2.24, 2.45) is 5.92 Å². The fraction of sp³-hybridized carbons (Fsp3) is 0.538. The van der Waals surface area contributed by atoms with Gasteiger partial charge in [-0.25, -0.2) is 0 Å². The minimum absolute atomic E-state index is 0.643. The number of rotatable bonds is 4. The molecule has 0 bridgehead atoms. The lowest BCUT2D eigenvalue weighted by Gasteiger charge is -2.22. The van der Waals surface area contributed by atoms with Crippen LogP contribution >= 0.6 is 11.6 Å². The largest absolute Gasteiger partial charge is 0.495 e. The van der Waals surface area contributed by atoms with Crippen molar-refractivity contribution in [3.63, 3.8) is 0 Å². The molecule has 0 radical (unpaired) electrons. The summed E-state index contributed by atoms with van der Waals surface area (Å²) in [6.07, 6.45) is 2.27. The molecule has 94 valence electrons. The summed E-state index contributed by atoms with van der Waals surface area (Å²) in [5.41, 5.74) is 1.04. The highest BCUT2D eigenvalue weighted by Gasteiger charge is 2.13. The van der Waals surface area contributed by atoms with Gasteiger partial charge in [0, 0.05) is 25.4 Å². The highest BCUT2D eigenvalue weighted by Crippen LogP contribution is 2.27. The highest BCUT2D eigenvalue weighted by molar-refractivity contribution is 6.32. The van der Waals surface area contributed by atoms with E-state index in [2.05, 4.69) is 5.32 Å². The minimum Gasteiger partial charge on any atom is -0.495 e. The van der Waals surface area contributed by atoms with Gasteiger partial charge >= 0.3 is 0 Å². The molecule has 2 rings (SSSR count). The van der Waals surface area contributed by atoms with Crippen molar-refractivity contribution >= 4 is 17.3 Å². The zero-order valence-corrected chi connectivity index (χ0v) is 10.8. The Labute approximate surface area is 107 Å². The SMILES string of the molecule is COc1ccc(NCC2CCOCC2)cc1Cl. The van der Waals surface area contributed by atoms with Crippen molar-refractivity contribution in [1.82, 2.24) is 0 Å². The molecule has 0 aromatic heterocycles. The third-order valence-electron chi connectivity index (χ3n) is 3.09. The smallest absolute Gasteiger partial charge is 0.137 e. The van der Waals surface area contributed by atoms with Gasteiger partial charge in [0.05, 0.1) is 12.1 Å². The Hall–Kier alpha value is -0.930. The second-order valence-electron chi connectivity index (χ2n) is 4.29. The first-order chi connectivity index (χ1) is 8.29. The molecule has 0 saturated carbocycles. The zero-order chi connectivity index (χ0) is 12.1. The van der Waals surface area contributed by atoms with E-state index in [0.29, 0.717) is 16.7 Å². The van der Waals surface area contributed by atoms with Gasteiger partial charge in [0.2, 0.25) is 0 Å². The lowest BCUT2D eigenvalue weighted by molar-refractivity contribution is 0.0699. The quantitative estimate of drug-likeness (QED) is 0.896. The van der Waals surface area contributed by atoms with E-state index in [-0.39, 0.29) is 0 Å².